The van der Waals surface area contributed by atoms with Crippen LogP contribution in [0.5, 0.6) is 0 Å². The molecule has 5 aromatic rings. The van der Waals surface area contributed by atoms with E-state index in [1.54, 1.807) is 36.9 Å². The maximum absolute atomic E-state index is 14.6. The van der Waals surface area contributed by atoms with Gasteiger partial charge >= 0.3 is 0 Å². The summed E-state index contributed by atoms with van der Waals surface area (Å²) in [5.74, 6) is -2.08. The monoisotopic (exact) mass is 594 g/mol. The molecule has 3 atom stereocenters. The predicted molar refractivity (Wildman–Crippen MR) is 156 cm³/mol. The molecule has 222 valence electrons. The third-order valence-corrected chi connectivity index (χ3v) is 9.32. The van der Waals surface area contributed by atoms with Gasteiger partial charge in [0.1, 0.15) is 17.3 Å². The van der Waals surface area contributed by atoms with Crippen LogP contribution >= 0.6 is 0 Å². The van der Waals surface area contributed by atoms with Crippen LogP contribution in [-0.2, 0) is 16.8 Å². The Morgan fingerprint density at radius 3 is 2.64 bits per heavy atom. The summed E-state index contributed by atoms with van der Waals surface area (Å²) in [5.41, 5.74) is 9.24. The molecule has 2 aliphatic rings. The zero-order valence-corrected chi connectivity index (χ0v) is 23.9. The number of benzene rings is 1. The largest absolute Gasteiger partial charge is 0.381 e. The Morgan fingerprint density at radius 2 is 1.86 bits per heavy atom. The number of carbonyl (C=O) groups is 1. The van der Waals surface area contributed by atoms with Crippen molar-refractivity contribution in [2.75, 3.05) is 0 Å². The fourth-order valence-electron chi connectivity index (χ4n) is 7.06. The van der Waals surface area contributed by atoms with Crippen molar-refractivity contribution in [3.8, 4) is 33.9 Å². The van der Waals surface area contributed by atoms with Gasteiger partial charge in [0, 0.05) is 24.2 Å². The van der Waals surface area contributed by atoms with Gasteiger partial charge in [-0.15, -0.1) is 5.10 Å². The number of pyridine rings is 1. The van der Waals surface area contributed by atoms with Crippen LogP contribution in [0.3, 0.4) is 0 Å². The van der Waals surface area contributed by atoms with E-state index in [0.717, 1.165) is 35.4 Å². The van der Waals surface area contributed by atoms with Crippen molar-refractivity contribution in [2.24, 2.45) is 11.1 Å². The van der Waals surface area contributed by atoms with E-state index in [2.05, 4.69) is 39.1 Å². The van der Waals surface area contributed by atoms with E-state index in [4.69, 9.17) is 10.7 Å². The van der Waals surface area contributed by atoms with Gasteiger partial charge in [-0.2, -0.15) is 10.2 Å². The van der Waals surface area contributed by atoms with E-state index < -0.39 is 29.1 Å². The first kappa shape index (κ1) is 27.8. The van der Waals surface area contributed by atoms with Crippen LogP contribution in [0.2, 0.25) is 0 Å². The van der Waals surface area contributed by atoms with Gasteiger partial charge in [0.2, 0.25) is 5.91 Å². The summed E-state index contributed by atoms with van der Waals surface area (Å²) in [6, 6.07) is 11.0. The van der Waals surface area contributed by atoms with E-state index >= 15 is 0 Å². The smallest absolute Gasteiger partial charge is 0.248 e. The lowest BCUT2D eigenvalue weighted by Gasteiger charge is -2.37. The number of nitrogens with zero attached hydrogens (tertiary/aromatic N) is 7. The molecule has 10 nitrogen and oxygen atoms in total. The normalized spacial score (nSPS) is 20.4. The highest BCUT2D eigenvalue weighted by molar-refractivity contribution is 5.78. The lowest BCUT2D eigenvalue weighted by atomic mass is 9.66. The summed E-state index contributed by atoms with van der Waals surface area (Å²) in [6.07, 6.45) is 7.05. The molecule has 1 saturated carbocycles. The molecule has 0 spiro atoms. The van der Waals surface area contributed by atoms with Crippen LogP contribution < -0.4 is 5.73 Å². The highest BCUT2D eigenvalue weighted by Gasteiger charge is 2.65. The molecule has 1 aromatic carbocycles. The van der Waals surface area contributed by atoms with Crippen molar-refractivity contribution < 1.29 is 18.7 Å². The first-order valence-electron chi connectivity index (χ1n) is 14.2. The molecule has 1 fully saturated rings. The Kier molecular flexibility index (Phi) is 6.36. The van der Waals surface area contributed by atoms with Crippen molar-refractivity contribution >= 4 is 5.91 Å². The van der Waals surface area contributed by atoms with E-state index in [9.17, 15) is 18.7 Å². The molecule has 0 saturated heterocycles. The summed E-state index contributed by atoms with van der Waals surface area (Å²) in [6.45, 7) is 4.29. The van der Waals surface area contributed by atoms with Gasteiger partial charge in [-0.25, -0.2) is 13.8 Å². The molecule has 2 bridgehead atoms. The van der Waals surface area contributed by atoms with Crippen molar-refractivity contribution in [1.29, 1.82) is 0 Å². The van der Waals surface area contributed by atoms with Crippen LogP contribution in [-0.4, -0.2) is 52.0 Å². The summed E-state index contributed by atoms with van der Waals surface area (Å²) in [4.78, 5) is 25.4. The summed E-state index contributed by atoms with van der Waals surface area (Å²) < 4.78 is 30.7. The number of nitrogens with two attached hydrogens (primary N) is 1. The molecule has 7 rings (SSSR count). The maximum atomic E-state index is 14.6. The zero-order valence-electron chi connectivity index (χ0n) is 23.9. The molecule has 2 aliphatic carbocycles. The Hall–Kier alpha value is -4.97. The van der Waals surface area contributed by atoms with Gasteiger partial charge in [0.25, 0.3) is 0 Å². The predicted octanol–water partition coefficient (Wildman–Crippen LogP) is 4.19. The second-order valence-electron chi connectivity index (χ2n) is 11.9. The molecule has 3 N–H and O–H groups in total. The number of hydrogen-bond acceptors (Lipinski definition) is 8. The number of fused-ring (bicyclic) bond motifs is 5. The summed E-state index contributed by atoms with van der Waals surface area (Å²) in [7, 11) is 0. The van der Waals surface area contributed by atoms with Gasteiger partial charge in [0.15, 0.2) is 6.10 Å². The molecule has 44 heavy (non-hydrogen) atoms. The number of amides is 1. The van der Waals surface area contributed by atoms with Crippen LogP contribution in [0.15, 0.2) is 67.3 Å². The highest BCUT2D eigenvalue weighted by Crippen LogP contribution is 2.69. The number of aliphatic hydroxyl groups excluding tert-OH is 1. The number of aromatic nitrogens is 7. The zero-order chi connectivity index (χ0) is 30.8. The third kappa shape index (κ3) is 4.12. The second kappa shape index (κ2) is 10.1. The van der Waals surface area contributed by atoms with Crippen LogP contribution in [0.1, 0.15) is 49.6 Å². The number of hydrogen-bond donors (Lipinski definition) is 2. The standard InChI is InChI=1S/C32H28F2N8O2/c1-31(2)19-6-9-32(31,29-18(19)13-24(39-40-29)28-20(33)4-3-5-21(28)34)27-15-36-14-25(38-27)17-7-10-37-23(12-17)22-8-11-42(41-22)16-26(43)30(35)44/h3-5,7-8,10-15,19,26,43H,6,9,16H2,1-2H3,(H2,35,44)/t19-,26+,32-/m0/s1. The first-order chi connectivity index (χ1) is 21.1. The molecule has 0 radical (unpaired) electrons. The average Bonchev–Trinajstić information content (AvgIpc) is 3.64. The molecular weight excluding hydrogens is 566 g/mol. The van der Waals surface area contributed by atoms with Gasteiger partial charge in [0.05, 0.1) is 52.2 Å². The third-order valence-electron chi connectivity index (χ3n) is 9.32. The first-order valence-corrected chi connectivity index (χ1v) is 14.2. The number of halogens is 2. The van der Waals surface area contributed by atoms with Crippen molar-refractivity contribution in [2.45, 2.75) is 50.7 Å². The minimum atomic E-state index is -1.35. The van der Waals surface area contributed by atoms with Gasteiger partial charge in [-0.1, -0.05) is 19.9 Å². The van der Waals surface area contributed by atoms with E-state index in [1.165, 1.54) is 22.9 Å². The molecule has 12 heteroatoms. The lowest BCUT2D eigenvalue weighted by molar-refractivity contribution is -0.126. The van der Waals surface area contributed by atoms with Gasteiger partial charge in [-0.05, 0) is 66.1 Å². The summed E-state index contributed by atoms with van der Waals surface area (Å²) in [5, 5.41) is 23.1. The second-order valence-corrected chi connectivity index (χ2v) is 11.9. The topological polar surface area (TPSA) is 146 Å². The average molecular weight is 595 g/mol. The molecule has 0 aliphatic heterocycles. The quantitative estimate of drug-likeness (QED) is 0.285. The molecule has 1 amide bonds. The van der Waals surface area contributed by atoms with Crippen molar-refractivity contribution in [3.63, 3.8) is 0 Å². The van der Waals surface area contributed by atoms with E-state index in [1.807, 2.05) is 12.1 Å². The Balaban J connectivity index is 1.26. The number of primary amides is 1. The van der Waals surface area contributed by atoms with Crippen molar-refractivity contribution in [1.82, 2.24) is 34.9 Å². The highest BCUT2D eigenvalue weighted by atomic mass is 19.1. The number of aliphatic hydroxyl groups is 1. The van der Waals surface area contributed by atoms with Crippen LogP contribution in [0, 0.1) is 17.0 Å². The fourth-order valence-corrected chi connectivity index (χ4v) is 7.06. The van der Waals surface area contributed by atoms with Crippen LogP contribution in [0.4, 0.5) is 8.78 Å². The minimum Gasteiger partial charge on any atom is -0.381 e. The molecule has 0 unspecified atom stereocenters. The van der Waals surface area contributed by atoms with Crippen molar-refractivity contribution in [3.05, 3.63) is 95.8 Å². The molecule has 4 aromatic heterocycles. The number of rotatable bonds is 7. The summed E-state index contributed by atoms with van der Waals surface area (Å²) >= 11 is 0. The Bertz CT molecular complexity index is 1920. The fraction of sp³-hybridized carbons (Fsp3) is 0.281. The minimum absolute atomic E-state index is 0.0670. The Labute approximate surface area is 251 Å². The van der Waals surface area contributed by atoms with Gasteiger partial charge in [-0.3, -0.25) is 19.4 Å². The van der Waals surface area contributed by atoms with E-state index in [-0.39, 0.29) is 29.1 Å². The maximum Gasteiger partial charge on any atom is 0.248 e. The SMILES string of the molecule is CC1(C)[C@H]2CC[C@]1(c1cncc(-c3ccnc(-c4ccn(C[C@@H](O)C(N)=O)n4)c3)n1)c1nnc(-c3c(F)cccc3F)cc12. The molecular formula is C32H28F2N8O2. The Morgan fingerprint density at radius 1 is 1.07 bits per heavy atom. The van der Waals surface area contributed by atoms with E-state index in [0.29, 0.717) is 17.1 Å². The lowest BCUT2D eigenvalue weighted by Crippen LogP contribution is -2.38. The molecule has 4 heterocycles. The number of carbonyl (C=O) groups excluding carboxylic acids is 1. The van der Waals surface area contributed by atoms with Crippen LogP contribution in [0.25, 0.3) is 33.9 Å². The van der Waals surface area contributed by atoms with Gasteiger partial charge < -0.3 is 10.8 Å².